The second-order valence-corrected chi connectivity index (χ2v) is 6.43. The summed E-state index contributed by atoms with van der Waals surface area (Å²) in [5.41, 5.74) is 0. The van der Waals surface area contributed by atoms with E-state index in [1.165, 1.54) is 16.4 Å². The Labute approximate surface area is 120 Å². The Morgan fingerprint density at radius 2 is 2.05 bits per heavy atom. The molecular weight excluding hydrogens is 309 g/mol. The molecule has 2 rings (SSSR count). The normalized spacial score (nSPS) is 16.8. The molecule has 0 aromatic heterocycles. The molecule has 0 spiro atoms. The minimum absolute atomic E-state index is 0.174. The van der Waals surface area contributed by atoms with Gasteiger partial charge in [-0.2, -0.15) is 4.31 Å². The van der Waals surface area contributed by atoms with Gasteiger partial charge in [0.05, 0.1) is 4.90 Å². The van der Waals surface area contributed by atoms with Crippen LogP contribution in [0, 0.1) is 0 Å². The monoisotopic (exact) mass is 324 g/mol. The van der Waals surface area contributed by atoms with Crippen LogP contribution in [0.4, 0.5) is 13.2 Å². The van der Waals surface area contributed by atoms with Crippen molar-refractivity contribution in [3.05, 3.63) is 24.3 Å². The van der Waals surface area contributed by atoms with Crippen LogP contribution in [0.1, 0.15) is 6.92 Å². The van der Waals surface area contributed by atoms with Crippen molar-refractivity contribution in [2.24, 2.45) is 0 Å². The van der Waals surface area contributed by atoms with Gasteiger partial charge in [0.15, 0.2) is 0 Å². The molecule has 0 saturated carbocycles. The van der Waals surface area contributed by atoms with Gasteiger partial charge in [-0.05, 0) is 12.1 Å². The van der Waals surface area contributed by atoms with Crippen molar-refractivity contribution < 1.29 is 26.3 Å². The summed E-state index contributed by atoms with van der Waals surface area (Å²) < 4.78 is 66.6. The summed E-state index contributed by atoms with van der Waals surface area (Å²) in [6.07, 6.45) is -4.86. The van der Waals surface area contributed by atoms with Crippen LogP contribution >= 0.6 is 0 Å². The van der Waals surface area contributed by atoms with Crippen LogP contribution in [0.25, 0.3) is 0 Å². The molecule has 0 amide bonds. The number of hydrogen-bond donors (Lipinski definition) is 1. The first kappa shape index (κ1) is 16.1. The first-order valence-electron chi connectivity index (χ1n) is 6.32. The van der Waals surface area contributed by atoms with Crippen LogP contribution in [0.15, 0.2) is 29.2 Å². The van der Waals surface area contributed by atoms with Crippen molar-refractivity contribution in [2.45, 2.75) is 24.2 Å². The fourth-order valence-electron chi connectivity index (χ4n) is 2.07. The van der Waals surface area contributed by atoms with Crippen molar-refractivity contribution >= 4 is 10.0 Å². The Bertz CT molecular complexity index is 600. The number of sulfonamides is 1. The lowest BCUT2D eigenvalue weighted by Gasteiger charge is -2.36. The number of nitrogens with zero attached hydrogens (tertiary/aromatic N) is 1. The van der Waals surface area contributed by atoms with Gasteiger partial charge in [0, 0.05) is 31.7 Å². The van der Waals surface area contributed by atoms with Crippen LogP contribution in [0.3, 0.4) is 0 Å². The molecule has 1 heterocycles. The minimum Gasteiger partial charge on any atom is -0.406 e. The average molecular weight is 324 g/mol. The summed E-state index contributed by atoms with van der Waals surface area (Å²) in [7, 11) is -3.84. The number of nitrogens with one attached hydrogen (secondary N) is 1. The highest BCUT2D eigenvalue weighted by Crippen LogP contribution is 2.27. The second-order valence-electron chi connectivity index (χ2n) is 4.54. The number of benzene rings is 1. The smallest absolute Gasteiger partial charge is 0.406 e. The van der Waals surface area contributed by atoms with Gasteiger partial charge in [0.25, 0.3) is 0 Å². The molecule has 1 aliphatic heterocycles. The number of rotatable bonds is 5. The predicted molar refractivity (Wildman–Crippen MR) is 69.3 cm³/mol. The van der Waals surface area contributed by atoms with Gasteiger partial charge >= 0.3 is 6.36 Å². The number of alkyl halides is 3. The summed E-state index contributed by atoms with van der Waals surface area (Å²) in [5.74, 6) is -0.550. The zero-order chi connectivity index (χ0) is 15.7. The molecule has 5 nitrogen and oxygen atoms in total. The number of ether oxygens (including phenoxy) is 1. The molecule has 1 aromatic rings. The van der Waals surface area contributed by atoms with Crippen LogP contribution in [0.2, 0.25) is 0 Å². The highest BCUT2D eigenvalue weighted by molar-refractivity contribution is 7.89. The van der Waals surface area contributed by atoms with Crippen LogP contribution in [0.5, 0.6) is 5.75 Å². The minimum atomic E-state index is -4.86. The molecule has 1 N–H and O–H groups in total. The molecule has 1 aromatic carbocycles. The average Bonchev–Trinajstić information content (AvgIpc) is 2.31. The van der Waals surface area contributed by atoms with Crippen molar-refractivity contribution in [3.8, 4) is 5.75 Å². The van der Waals surface area contributed by atoms with Gasteiger partial charge in [-0.3, -0.25) is 0 Å². The maximum absolute atomic E-state index is 12.5. The predicted octanol–water partition coefficient (Wildman–Crippen LogP) is 1.57. The Morgan fingerprint density at radius 3 is 2.52 bits per heavy atom. The summed E-state index contributed by atoms with van der Waals surface area (Å²) in [6, 6.07) is 4.26. The molecule has 1 fully saturated rings. The fourth-order valence-corrected chi connectivity index (χ4v) is 3.74. The maximum atomic E-state index is 12.5. The largest absolute Gasteiger partial charge is 0.573 e. The van der Waals surface area contributed by atoms with E-state index < -0.39 is 22.1 Å². The lowest BCUT2D eigenvalue weighted by Crippen LogP contribution is -2.58. The lowest BCUT2D eigenvalue weighted by atomic mass is 10.2. The van der Waals surface area contributed by atoms with Crippen LogP contribution in [-0.4, -0.2) is 44.8 Å². The van der Waals surface area contributed by atoms with Gasteiger partial charge in [-0.1, -0.05) is 13.0 Å². The standard InChI is InChI=1S/C12H15F3N2O3S/c1-2-17(9-7-16-8-9)21(18,19)11-5-3-4-10(6-11)20-12(13,14)15/h3-6,9,16H,2,7-8H2,1H3. The summed E-state index contributed by atoms with van der Waals surface area (Å²) in [5, 5.41) is 2.96. The van der Waals surface area contributed by atoms with Gasteiger partial charge < -0.3 is 10.1 Å². The SMILES string of the molecule is CCN(C1CNC1)S(=O)(=O)c1cccc(OC(F)(F)F)c1. The molecule has 0 unspecified atom stereocenters. The van der Waals surface area contributed by atoms with Crippen molar-refractivity contribution in [1.82, 2.24) is 9.62 Å². The summed E-state index contributed by atoms with van der Waals surface area (Å²) >= 11 is 0. The molecule has 0 atom stereocenters. The van der Waals surface area contributed by atoms with Gasteiger partial charge in [-0.25, -0.2) is 8.42 Å². The third kappa shape index (κ3) is 3.66. The Balaban J connectivity index is 2.29. The molecule has 9 heteroatoms. The zero-order valence-corrected chi connectivity index (χ0v) is 12.0. The first-order valence-corrected chi connectivity index (χ1v) is 7.76. The molecule has 0 aliphatic carbocycles. The van der Waals surface area contributed by atoms with Gasteiger partial charge in [-0.15, -0.1) is 13.2 Å². The van der Waals surface area contributed by atoms with E-state index in [-0.39, 0.29) is 17.5 Å². The van der Waals surface area contributed by atoms with E-state index >= 15 is 0 Å². The van der Waals surface area contributed by atoms with E-state index in [4.69, 9.17) is 0 Å². The van der Waals surface area contributed by atoms with E-state index in [2.05, 4.69) is 10.1 Å². The summed E-state index contributed by atoms with van der Waals surface area (Å²) in [4.78, 5) is -0.210. The Morgan fingerprint density at radius 1 is 1.38 bits per heavy atom. The molecule has 21 heavy (non-hydrogen) atoms. The highest BCUT2D eigenvalue weighted by Gasteiger charge is 2.35. The van der Waals surface area contributed by atoms with E-state index in [1.54, 1.807) is 6.92 Å². The van der Waals surface area contributed by atoms with Crippen molar-refractivity contribution in [1.29, 1.82) is 0 Å². The Kier molecular flexibility index (Phi) is 4.45. The van der Waals surface area contributed by atoms with Crippen molar-refractivity contribution in [2.75, 3.05) is 19.6 Å². The summed E-state index contributed by atoms with van der Waals surface area (Å²) in [6.45, 7) is 3.00. The third-order valence-corrected chi connectivity index (χ3v) is 5.15. The number of hydrogen-bond acceptors (Lipinski definition) is 4. The van der Waals surface area contributed by atoms with E-state index in [0.29, 0.717) is 13.1 Å². The second kappa shape index (κ2) is 5.82. The van der Waals surface area contributed by atoms with E-state index in [9.17, 15) is 21.6 Å². The maximum Gasteiger partial charge on any atom is 0.573 e. The number of halogens is 3. The lowest BCUT2D eigenvalue weighted by molar-refractivity contribution is -0.274. The van der Waals surface area contributed by atoms with Gasteiger partial charge in [0.2, 0.25) is 10.0 Å². The molecule has 0 radical (unpaired) electrons. The molecule has 1 saturated heterocycles. The quantitative estimate of drug-likeness (QED) is 0.893. The zero-order valence-electron chi connectivity index (χ0n) is 11.2. The van der Waals surface area contributed by atoms with Gasteiger partial charge in [0.1, 0.15) is 5.75 Å². The van der Waals surface area contributed by atoms with Crippen LogP contribution < -0.4 is 10.1 Å². The molecule has 1 aliphatic rings. The molecule has 118 valence electrons. The third-order valence-electron chi connectivity index (χ3n) is 3.12. The van der Waals surface area contributed by atoms with E-state index in [0.717, 1.165) is 12.1 Å². The topological polar surface area (TPSA) is 58.6 Å². The molecule has 0 bridgehead atoms. The number of likely N-dealkylation sites (N-methyl/N-ethyl adjacent to an activating group) is 1. The first-order chi connectivity index (χ1) is 9.74. The highest BCUT2D eigenvalue weighted by atomic mass is 32.2. The van der Waals surface area contributed by atoms with E-state index in [1.807, 2.05) is 0 Å². The van der Waals surface area contributed by atoms with Crippen molar-refractivity contribution in [3.63, 3.8) is 0 Å². The van der Waals surface area contributed by atoms with Crippen LogP contribution in [-0.2, 0) is 10.0 Å². The Hall–Kier alpha value is -1.32. The molecular formula is C12H15F3N2O3S. The fraction of sp³-hybridized carbons (Fsp3) is 0.500.